The highest BCUT2D eigenvalue weighted by molar-refractivity contribution is 5.83. The molecule has 9 heteroatoms. The monoisotopic (exact) mass is 449 g/mol. The van der Waals surface area contributed by atoms with Crippen molar-refractivity contribution in [1.29, 1.82) is 0 Å². The van der Waals surface area contributed by atoms with Crippen LogP contribution in [0.5, 0.6) is 23.0 Å². The smallest absolute Gasteiger partial charge is 0.453 e. The molecule has 2 heterocycles. The van der Waals surface area contributed by atoms with Crippen molar-refractivity contribution in [2.75, 3.05) is 20.2 Å². The molecular formula is C23H22F3NO5. The van der Waals surface area contributed by atoms with Crippen LogP contribution >= 0.6 is 0 Å². The van der Waals surface area contributed by atoms with E-state index in [-0.39, 0.29) is 34.6 Å². The Morgan fingerprint density at radius 1 is 1.09 bits per heavy atom. The molecule has 1 aliphatic heterocycles. The van der Waals surface area contributed by atoms with E-state index in [2.05, 4.69) is 0 Å². The molecule has 0 bridgehead atoms. The van der Waals surface area contributed by atoms with E-state index >= 15 is 0 Å². The number of benzene rings is 2. The number of fused-ring (bicyclic) bond motifs is 1. The number of methoxy groups -OCH3 is 1. The highest BCUT2D eigenvalue weighted by Crippen LogP contribution is 2.40. The van der Waals surface area contributed by atoms with E-state index in [1.165, 1.54) is 37.4 Å². The first-order valence-corrected chi connectivity index (χ1v) is 10.2. The molecule has 1 aromatic heterocycles. The van der Waals surface area contributed by atoms with E-state index in [4.69, 9.17) is 13.9 Å². The lowest BCUT2D eigenvalue weighted by molar-refractivity contribution is -0.154. The van der Waals surface area contributed by atoms with Gasteiger partial charge in [0.1, 0.15) is 22.8 Å². The number of phenolic OH excluding ortho intramolecular Hbond substituents is 1. The van der Waals surface area contributed by atoms with Gasteiger partial charge in [-0.1, -0.05) is 12.5 Å². The number of halogens is 3. The molecular weight excluding hydrogens is 427 g/mol. The molecule has 170 valence electrons. The number of alkyl halides is 3. The molecule has 1 saturated heterocycles. The molecule has 0 aliphatic carbocycles. The molecule has 0 atom stereocenters. The van der Waals surface area contributed by atoms with E-state index in [9.17, 15) is 23.1 Å². The maximum absolute atomic E-state index is 13.9. The second-order valence-corrected chi connectivity index (χ2v) is 7.64. The van der Waals surface area contributed by atoms with Crippen molar-refractivity contribution in [3.05, 3.63) is 57.9 Å². The maximum Gasteiger partial charge on any atom is 0.453 e. The van der Waals surface area contributed by atoms with E-state index in [0.29, 0.717) is 5.75 Å². The summed E-state index contributed by atoms with van der Waals surface area (Å²) in [5.74, 6) is -2.39. The van der Waals surface area contributed by atoms with E-state index in [1.807, 2.05) is 4.90 Å². The summed E-state index contributed by atoms with van der Waals surface area (Å²) in [7, 11) is 1.40. The Balaban J connectivity index is 1.86. The number of likely N-dealkylation sites (tertiary alicyclic amines) is 1. The number of ether oxygens (including phenoxy) is 2. The minimum Gasteiger partial charge on any atom is -0.507 e. The molecule has 0 radical (unpaired) electrons. The Hall–Kier alpha value is -3.20. The Bertz CT molecular complexity index is 1180. The number of hydrogen-bond acceptors (Lipinski definition) is 6. The second kappa shape index (κ2) is 8.74. The summed E-state index contributed by atoms with van der Waals surface area (Å²) in [5, 5.41) is 10.3. The number of rotatable bonds is 5. The lowest BCUT2D eigenvalue weighted by Crippen LogP contribution is -2.29. The molecule has 0 saturated carbocycles. The molecule has 3 aromatic rings. The lowest BCUT2D eigenvalue weighted by Gasteiger charge is -2.27. The van der Waals surface area contributed by atoms with Gasteiger partial charge in [0, 0.05) is 12.6 Å². The largest absolute Gasteiger partial charge is 0.507 e. The van der Waals surface area contributed by atoms with Crippen molar-refractivity contribution in [2.24, 2.45) is 0 Å². The number of hydrogen-bond donors (Lipinski definition) is 1. The normalized spacial score (nSPS) is 15.1. The molecule has 0 spiro atoms. The third-order valence-electron chi connectivity index (χ3n) is 5.45. The third kappa shape index (κ3) is 4.38. The highest BCUT2D eigenvalue weighted by Gasteiger charge is 2.41. The van der Waals surface area contributed by atoms with Crippen LogP contribution in [0.4, 0.5) is 13.2 Å². The molecule has 2 aromatic carbocycles. The first-order chi connectivity index (χ1) is 15.3. The van der Waals surface area contributed by atoms with Crippen molar-refractivity contribution in [1.82, 2.24) is 4.90 Å². The van der Waals surface area contributed by atoms with Crippen LogP contribution in [0, 0.1) is 0 Å². The Morgan fingerprint density at radius 2 is 1.81 bits per heavy atom. The van der Waals surface area contributed by atoms with Gasteiger partial charge < -0.3 is 19.0 Å². The van der Waals surface area contributed by atoms with Crippen LogP contribution < -0.4 is 14.9 Å². The second-order valence-electron chi connectivity index (χ2n) is 7.64. The van der Waals surface area contributed by atoms with Gasteiger partial charge in [0.25, 0.3) is 5.76 Å². The lowest BCUT2D eigenvalue weighted by atomic mass is 10.1. The molecule has 1 N–H and O–H groups in total. The van der Waals surface area contributed by atoms with Crippen molar-refractivity contribution >= 4 is 11.0 Å². The van der Waals surface area contributed by atoms with Gasteiger partial charge in [0.15, 0.2) is 0 Å². The molecule has 1 fully saturated rings. The molecule has 1 aliphatic rings. The predicted octanol–water partition coefficient (Wildman–Crippen LogP) is 5.30. The molecule has 0 amide bonds. The van der Waals surface area contributed by atoms with Crippen LogP contribution in [-0.2, 0) is 12.7 Å². The van der Waals surface area contributed by atoms with Crippen LogP contribution in [0.25, 0.3) is 11.0 Å². The van der Waals surface area contributed by atoms with Crippen LogP contribution in [0.2, 0.25) is 0 Å². The summed E-state index contributed by atoms with van der Waals surface area (Å²) in [5.41, 5.74) is -1.10. The predicted molar refractivity (Wildman–Crippen MR) is 111 cm³/mol. The van der Waals surface area contributed by atoms with Crippen LogP contribution in [-0.4, -0.2) is 30.2 Å². The number of piperidine rings is 1. The Kier molecular flexibility index (Phi) is 6.01. The van der Waals surface area contributed by atoms with Crippen molar-refractivity contribution in [3.8, 4) is 23.0 Å². The third-order valence-corrected chi connectivity index (χ3v) is 5.45. The Morgan fingerprint density at radius 3 is 2.50 bits per heavy atom. The summed E-state index contributed by atoms with van der Waals surface area (Å²) < 4.78 is 57.3. The number of aromatic hydroxyl groups is 1. The zero-order valence-electron chi connectivity index (χ0n) is 17.4. The zero-order valence-corrected chi connectivity index (χ0v) is 17.4. The van der Waals surface area contributed by atoms with E-state index in [1.54, 1.807) is 6.07 Å². The quantitative estimate of drug-likeness (QED) is 0.570. The van der Waals surface area contributed by atoms with Gasteiger partial charge in [0.05, 0.1) is 18.1 Å². The van der Waals surface area contributed by atoms with Crippen LogP contribution in [0.1, 0.15) is 30.6 Å². The van der Waals surface area contributed by atoms with E-state index in [0.717, 1.165) is 32.4 Å². The fourth-order valence-electron chi connectivity index (χ4n) is 3.84. The first kappa shape index (κ1) is 22.0. The molecule has 6 nitrogen and oxygen atoms in total. The van der Waals surface area contributed by atoms with Gasteiger partial charge in [-0.05, 0) is 50.2 Å². The van der Waals surface area contributed by atoms with Crippen molar-refractivity contribution in [3.63, 3.8) is 0 Å². The van der Waals surface area contributed by atoms with Gasteiger partial charge >= 0.3 is 6.18 Å². The fourth-order valence-corrected chi connectivity index (χ4v) is 3.84. The maximum atomic E-state index is 13.9. The number of phenols is 1. The molecule has 0 unspecified atom stereocenters. The van der Waals surface area contributed by atoms with E-state index < -0.39 is 23.1 Å². The fraction of sp³-hybridized carbons (Fsp3) is 0.348. The SMILES string of the molecule is COc1cccc(Oc2c(C(F)(F)F)oc3c(CN4CCCCC4)c(O)ccc3c2=O)c1. The van der Waals surface area contributed by atoms with Crippen LogP contribution in [0.15, 0.2) is 45.6 Å². The zero-order chi connectivity index (χ0) is 22.9. The summed E-state index contributed by atoms with van der Waals surface area (Å²) in [6.45, 7) is 1.69. The summed E-state index contributed by atoms with van der Waals surface area (Å²) >= 11 is 0. The van der Waals surface area contributed by atoms with Crippen molar-refractivity contribution in [2.45, 2.75) is 32.0 Å². The highest BCUT2D eigenvalue weighted by atomic mass is 19.4. The van der Waals surface area contributed by atoms with Gasteiger partial charge in [-0.25, -0.2) is 0 Å². The minimum absolute atomic E-state index is 0.00572. The molecule has 32 heavy (non-hydrogen) atoms. The average Bonchev–Trinajstić information content (AvgIpc) is 2.77. The summed E-state index contributed by atoms with van der Waals surface area (Å²) in [6.07, 6.45) is -1.99. The minimum atomic E-state index is -4.99. The Labute approximate surface area is 181 Å². The summed E-state index contributed by atoms with van der Waals surface area (Å²) in [4.78, 5) is 15.1. The standard InChI is InChI=1S/C23H22F3NO5/c1-30-14-6-5-7-15(12-14)31-21-19(29)16-8-9-18(28)17(13-27-10-3-2-4-11-27)20(16)32-22(21)23(24,25)26/h5-9,12,28H,2-4,10-11,13H2,1H3. The average molecular weight is 449 g/mol. The van der Waals surface area contributed by atoms with Gasteiger partial charge in [-0.2, -0.15) is 13.2 Å². The van der Waals surface area contributed by atoms with Gasteiger partial charge in [-0.3, -0.25) is 9.69 Å². The summed E-state index contributed by atoms with van der Waals surface area (Å²) in [6, 6.07) is 8.43. The van der Waals surface area contributed by atoms with Crippen molar-refractivity contribution < 1.29 is 32.2 Å². The van der Waals surface area contributed by atoms with Gasteiger partial charge in [0.2, 0.25) is 11.2 Å². The molecule has 4 rings (SSSR count). The topological polar surface area (TPSA) is 72.1 Å². The van der Waals surface area contributed by atoms with Crippen LogP contribution in [0.3, 0.4) is 0 Å². The first-order valence-electron chi connectivity index (χ1n) is 10.2. The van der Waals surface area contributed by atoms with Gasteiger partial charge in [-0.15, -0.1) is 0 Å². The number of nitrogens with zero attached hydrogens (tertiary/aromatic N) is 1.